The molecule has 1 saturated heterocycles. The van der Waals surface area contributed by atoms with Crippen LogP contribution in [0.4, 0.5) is 0 Å². The maximum absolute atomic E-state index is 11.7. The van der Waals surface area contributed by atoms with Gasteiger partial charge in [-0.1, -0.05) is 39.0 Å². The molecule has 0 aromatic rings. The fourth-order valence-corrected chi connectivity index (χ4v) is 2.00. The van der Waals surface area contributed by atoms with E-state index in [2.05, 4.69) is 6.92 Å². The van der Waals surface area contributed by atoms with Gasteiger partial charge in [-0.05, 0) is 6.42 Å². The third kappa shape index (κ3) is 6.57. The van der Waals surface area contributed by atoms with E-state index in [4.69, 9.17) is 9.47 Å². The molecule has 110 valence electrons. The Morgan fingerprint density at radius 3 is 2.37 bits per heavy atom. The molecular formula is C14H25NO4. The van der Waals surface area contributed by atoms with Crippen molar-refractivity contribution in [3.63, 3.8) is 0 Å². The molecule has 0 spiro atoms. The van der Waals surface area contributed by atoms with E-state index in [1.807, 2.05) is 0 Å². The molecule has 1 heterocycles. The smallest absolute Gasteiger partial charge is 0.397 e. The lowest BCUT2D eigenvalue weighted by atomic mass is 10.1. The van der Waals surface area contributed by atoms with Gasteiger partial charge in [0.2, 0.25) is 0 Å². The number of unbranched alkanes of at least 4 members (excludes halogenated alkanes) is 5. The Morgan fingerprint density at radius 1 is 1.05 bits per heavy atom. The van der Waals surface area contributed by atoms with Crippen LogP contribution in [0.25, 0.3) is 0 Å². The number of morpholine rings is 1. The molecule has 1 aliphatic heterocycles. The molecule has 0 bridgehead atoms. The highest BCUT2D eigenvalue weighted by molar-refractivity contribution is 6.32. The van der Waals surface area contributed by atoms with E-state index in [1.54, 1.807) is 0 Å². The fourth-order valence-electron chi connectivity index (χ4n) is 2.00. The quantitative estimate of drug-likeness (QED) is 0.402. The van der Waals surface area contributed by atoms with E-state index >= 15 is 0 Å². The van der Waals surface area contributed by atoms with Crippen molar-refractivity contribution in [1.82, 2.24) is 4.90 Å². The number of ether oxygens (including phenoxy) is 2. The average molecular weight is 271 g/mol. The summed E-state index contributed by atoms with van der Waals surface area (Å²) in [5.41, 5.74) is 0. The van der Waals surface area contributed by atoms with Crippen molar-refractivity contribution in [2.45, 2.75) is 45.4 Å². The summed E-state index contributed by atoms with van der Waals surface area (Å²) in [4.78, 5) is 24.7. The molecule has 0 N–H and O–H groups in total. The molecule has 19 heavy (non-hydrogen) atoms. The molecule has 1 fully saturated rings. The highest BCUT2D eigenvalue weighted by atomic mass is 16.5. The van der Waals surface area contributed by atoms with Gasteiger partial charge in [-0.15, -0.1) is 0 Å². The van der Waals surface area contributed by atoms with Crippen LogP contribution in [0.2, 0.25) is 0 Å². The minimum Gasteiger partial charge on any atom is -0.459 e. The first-order chi connectivity index (χ1) is 9.25. The minimum atomic E-state index is -0.726. The summed E-state index contributed by atoms with van der Waals surface area (Å²) in [5.74, 6) is -1.26. The second-order valence-electron chi connectivity index (χ2n) is 4.81. The summed E-state index contributed by atoms with van der Waals surface area (Å²) < 4.78 is 10.1. The first-order valence-corrected chi connectivity index (χ1v) is 7.29. The van der Waals surface area contributed by atoms with Crippen LogP contribution in [0.3, 0.4) is 0 Å². The van der Waals surface area contributed by atoms with Gasteiger partial charge in [0, 0.05) is 13.1 Å². The Bertz CT molecular complexity index is 275. The standard InChI is InChI=1S/C14H25NO4/c1-2-3-4-5-6-7-10-19-14(17)13(16)15-8-11-18-12-9-15/h2-12H2,1H3. The number of amides is 1. The van der Waals surface area contributed by atoms with Crippen molar-refractivity contribution in [2.75, 3.05) is 32.9 Å². The summed E-state index contributed by atoms with van der Waals surface area (Å²) in [6.07, 6.45) is 6.78. The molecule has 1 rings (SSSR count). The van der Waals surface area contributed by atoms with Crippen LogP contribution in [0, 0.1) is 0 Å². The van der Waals surface area contributed by atoms with Gasteiger partial charge in [0.1, 0.15) is 0 Å². The monoisotopic (exact) mass is 271 g/mol. The van der Waals surface area contributed by atoms with Gasteiger partial charge in [-0.25, -0.2) is 4.79 Å². The van der Waals surface area contributed by atoms with Gasteiger partial charge < -0.3 is 14.4 Å². The predicted octanol–water partition coefficient (Wildman–Crippen LogP) is 1.75. The largest absolute Gasteiger partial charge is 0.459 e. The molecule has 0 aromatic heterocycles. The van der Waals surface area contributed by atoms with Crippen LogP contribution in [-0.2, 0) is 19.1 Å². The summed E-state index contributed by atoms with van der Waals surface area (Å²) in [5, 5.41) is 0. The second-order valence-corrected chi connectivity index (χ2v) is 4.81. The van der Waals surface area contributed by atoms with E-state index < -0.39 is 11.9 Å². The molecule has 1 amide bonds. The number of carbonyl (C=O) groups is 2. The minimum absolute atomic E-state index is 0.348. The molecule has 0 unspecified atom stereocenters. The number of rotatable bonds is 7. The number of hydrogen-bond donors (Lipinski definition) is 0. The van der Waals surface area contributed by atoms with Crippen LogP contribution in [-0.4, -0.2) is 49.7 Å². The van der Waals surface area contributed by atoms with Crippen LogP contribution in [0.15, 0.2) is 0 Å². The van der Waals surface area contributed by atoms with E-state index in [0.717, 1.165) is 12.8 Å². The first kappa shape index (κ1) is 16.0. The number of hydrogen-bond acceptors (Lipinski definition) is 4. The Morgan fingerprint density at radius 2 is 1.68 bits per heavy atom. The molecule has 5 nitrogen and oxygen atoms in total. The Hall–Kier alpha value is -1.10. The third-order valence-electron chi connectivity index (χ3n) is 3.20. The first-order valence-electron chi connectivity index (χ1n) is 7.29. The lowest BCUT2D eigenvalue weighted by Crippen LogP contribution is -2.44. The molecule has 0 radical (unpaired) electrons. The molecule has 5 heteroatoms. The zero-order valence-electron chi connectivity index (χ0n) is 11.9. The SMILES string of the molecule is CCCCCCCCOC(=O)C(=O)N1CCOCC1. The molecule has 0 saturated carbocycles. The number of esters is 1. The van der Waals surface area contributed by atoms with Gasteiger partial charge in [-0.3, -0.25) is 4.79 Å². The summed E-state index contributed by atoms with van der Waals surface area (Å²) in [6, 6.07) is 0. The summed E-state index contributed by atoms with van der Waals surface area (Å²) in [6.45, 7) is 4.48. The Balaban J connectivity index is 2.04. The molecule has 1 aliphatic rings. The summed E-state index contributed by atoms with van der Waals surface area (Å²) >= 11 is 0. The highest BCUT2D eigenvalue weighted by Crippen LogP contribution is 2.05. The van der Waals surface area contributed by atoms with Crippen molar-refractivity contribution < 1.29 is 19.1 Å². The van der Waals surface area contributed by atoms with Crippen molar-refractivity contribution >= 4 is 11.9 Å². The van der Waals surface area contributed by atoms with E-state index in [-0.39, 0.29) is 0 Å². The predicted molar refractivity (Wildman–Crippen MR) is 71.7 cm³/mol. The number of nitrogens with zero attached hydrogens (tertiary/aromatic N) is 1. The maximum Gasteiger partial charge on any atom is 0.397 e. The lowest BCUT2D eigenvalue weighted by molar-refractivity contribution is -0.162. The normalized spacial score (nSPS) is 15.3. The van der Waals surface area contributed by atoms with Gasteiger partial charge in [0.05, 0.1) is 19.8 Å². The van der Waals surface area contributed by atoms with Crippen molar-refractivity contribution in [3.05, 3.63) is 0 Å². The van der Waals surface area contributed by atoms with Crippen molar-refractivity contribution in [2.24, 2.45) is 0 Å². The van der Waals surface area contributed by atoms with Gasteiger partial charge in [0.15, 0.2) is 0 Å². The molecular weight excluding hydrogens is 246 g/mol. The van der Waals surface area contributed by atoms with E-state index in [9.17, 15) is 9.59 Å². The maximum atomic E-state index is 11.7. The lowest BCUT2D eigenvalue weighted by Gasteiger charge is -2.25. The van der Waals surface area contributed by atoms with Gasteiger partial charge >= 0.3 is 11.9 Å². The van der Waals surface area contributed by atoms with Crippen LogP contribution in [0.5, 0.6) is 0 Å². The molecule has 0 aromatic carbocycles. The average Bonchev–Trinajstić information content (AvgIpc) is 2.46. The highest BCUT2D eigenvalue weighted by Gasteiger charge is 2.24. The Kier molecular flexibility index (Phi) is 8.21. The van der Waals surface area contributed by atoms with Crippen molar-refractivity contribution in [3.8, 4) is 0 Å². The van der Waals surface area contributed by atoms with E-state index in [0.29, 0.717) is 32.9 Å². The molecule has 0 atom stereocenters. The third-order valence-corrected chi connectivity index (χ3v) is 3.20. The molecule has 0 aliphatic carbocycles. The van der Waals surface area contributed by atoms with Crippen LogP contribution < -0.4 is 0 Å². The van der Waals surface area contributed by atoms with Crippen molar-refractivity contribution in [1.29, 1.82) is 0 Å². The van der Waals surface area contributed by atoms with Crippen LogP contribution in [0.1, 0.15) is 45.4 Å². The van der Waals surface area contributed by atoms with Gasteiger partial charge in [-0.2, -0.15) is 0 Å². The Labute approximate surface area is 115 Å². The zero-order valence-corrected chi connectivity index (χ0v) is 11.9. The number of carbonyl (C=O) groups excluding carboxylic acids is 2. The summed E-state index contributed by atoms with van der Waals surface area (Å²) in [7, 11) is 0. The van der Waals surface area contributed by atoms with Gasteiger partial charge in [0.25, 0.3) is 0 Å². The zero-order chi connectivity index (χ0) is 13.9. The van der Waals surface area contributed by atoms with Crippen LogP contribution >= 0.6 is 0 Å². The fraction of sp³-hybridized carbons (Fsp3) is 0.857. The van der Waals surface area contributed by atoms with E-state index in [1.165, 1.54) is 30.6 Å². The topological polar surface area (TPSA) is 55.8 Å². The second kappa shape index (κ2) is 9.78.